The molecule has 0 atom stereocenters. The van der Waals surface area contributed by atoms with Crippen LogP contribution >= 0.6 is 0 Å². The van der Waals surface area contributed by atoms with Crippen LogP contribution in [0.4, 0.5) is 0 Å². The summed E-state index contributed by atoms with van der Waals surface area (Å²) in [4.78, 5) is 15.6. The summed E-state index contributed by atoms with van der Waals surface area (Å²) in [6, 6.07) is 20.0. The lowest BCUT2D eigenvalue weighted by Gasteiger charge is -2.37. The van der Waals surface area contributed by atoms with Gasteiger partial charge in [0.05, 0.1) is 5.41 Å². The maximum Gasteiger partial charge on any atom is 0.229 e. The summed E-state index contributed by atoms with van der Waals surface area (Å²) >= 11 is 0. The molecule has 0 fully saturated rings. The summed E-state index contributed by atoms with van der Waals surface area (Å²) in [7, 11) is 0. The molecule has 2 rings (SSSR count). The van der Waals surface area contributed by atoms with Crippen LogP contribution in [-0.2, 0) is 4.79 Å². The van der Waals surface area contributed by atoms with Crippen molar-refractivity contribution in [3.63, 3.8) is 0 Å². The van der Waals surface area contributed by atoms with Crippen LogP contribution in [0.1, 0.15) is 38.8 Å². The number of hydrogen-bond donors (Lipinski definition) is 0. The third-order valence-corrected chi connectivity index (χ3v) is 4.97. The Morgan fingerprint density at radius 1 is 0.923 bits per heavy atom. The molecule has 2 aromatic rings. The molecule has 0 unspecified atom stereocenters. The molecule has 0 aliphatic heterocycles. The standard InChI is InChI=1S/C22H25N3O/c1-16(2)22(17(3)4,21(26)24-25-23)15-20(18-11-7-5-8-12-18)19-13-9-6-10-14-19/h5-17H,1-4H3. The zero-order valence-corrected chi connectivity index (χ0v) is 15.8. The summed E-state index contributed by atoms with van der Waals surface area (Å²) in [6.07, 6.45) is 2.00. The first-order chi connectivity index (χ1) is 12.4. The van der Waals surface area contributed by atoms with Gasteiger partial charge in [-0.1, -0.05) is 94.4 Å². The van der Waals surface area contributed by atoms with Gasteiger partial charge in [-0.05, 0) is 39.2 Å². The zero-order valence-electron chi connectivity index (χ0n) is 15.8. The Hall–Kier alpha value is -2.84. The molecule has 0 spiro atoms. The molecule has 2 aromatic carbocycles. The minimum atomic E-state index is -0.882. The minimum Gasteiger partial charge on any atom is -0.292 e. The van der Waals surface area contributed by atoms with Crippen LogP contribution < -0.4 is 0 Å². The Morgan fingerprint density at radius 2 is 1.35 bits per heavy atom. The molecule has 0 radical (unpaired) electrons. The SMILES string of the molecule is CC(C)C(C=C(c1ccccc1)c1ccccc1)(C(=O)N=[N+]=[N-])C(C)C. The van der Waals surface area contributed by atoms with E-state index in [1.807, 2.05) is 94.4 Å². The van der Waals surface area contributed by atoms with Crippen molar-refractivity contribution in [3.05, 3.63) is 88.3 Å². The van der Waals surface area contributed by atoms with Crippen molar-refractivity contribution in [1.29, 1.82) is 0 Å². The van der Waals surface area contributed by atoms with Gasteiger partial charge in [-0.3, -0.25) is 4.79 Å². The second-order valence-corrected chi connectivity index (χ2v) is 7.03. The van der Waals surface area contributed by atoms with Gasteiger partial charge < -0.3 is 0 Å². The number of carbonyl (C=O) groups excluding carboxylic acids is 1. The summed E-state index contributed by atoms with van der Waals surface area (Å²) in [5, 5.41) is 3.48. The summed E-state index contributed by atoms with van der Waals surface area (Å²) in [5.41, 5.74) is 11.0. The topological polar surface area (TPSA) is 65.8 Å². The third-order valence-electron chi connectivity index (χ3n) is 4.97. The zero-order chi connectivity index (χ0) is 19.2. The van der Waals surface area contributed by atoms with Gasteiger partial charge in [-0.2, -0.15) is 0 Å². The highest BCUT2D eigenvalue weighted by molar-refractivity contribution is 5.90. The molecule has 4 heteroatoms. The number of hydrogen-bond acceptors (Lipinski definition) is 1. The molecule has 0 aliphatic rings. The van der Waals surface area contributed by atoms with Crippen molar-refractivity contribution in [2.45, 2.75) is 27.7 Å². The van der Waals surface area contributed by atoms with E-state index in [4.69, 9.17) is 5.53 Å². The molecule has 0 saturated carbocycles. The van der Waals surface area contributed by atoms with E-state index >= 15 is 0 Å². The summed E-state index contributed by atoms with van der Waals surface area (Å²) < 4.78 is 0. The number of nitrogens with zero attached hydrogens (tertiary/aromatic N) is 3. The van der Waals surface area contributed by atoms with Gasteiger partial charge in [0.25, 0.3) is 0 Å². The highest BCUT2D eigenvalue weighted by Gasteiger charge is 2.42. The molecule has 4 nitrogen and oxygen atoms in total. The molecule has 1 amide bonds. The van der Waals surface area contributed by atoms with E-state index < -0.39 is 11.3 Å². The Balaban J connectivity index is 2.79. The van der Waals surface area contributed by atoms with Crippen LogP contribution in [0.5, 0.6) is 0 Å². The van der Waals surface area contributed by atoms with Crippen LogP contribution in [0.2, 0.25) is 0 Å². The third kappa shape index (κ3) is 3.87. The maximum atomic E-state index is 12.9. The van der Waals surface area contributed by atoms with Crippen molar-refractivity contribution < 1.29 is 4.79 Å². The van der Waals surface area contributed by atoms with Gasteiger partial charge in [0.2, 0.25) is 5.91 Å². The monoisotopic (exact) mass is 347 g/mol. The second kappa shape index (κ2) is 8.50. The Labute approximate surface area is 155 Å². The van der Waals surface area contributed by atoms with Crippen LogP contribution in [0.3, 0.4) is 0 Å². The van der Waals surface area contributed by atoms with E-state index in [0.29, 0.717) is 0 Å². The van der Waals surface area contributed by atoms with E-state index in [-0.39, 0.29) is 11.8 Å². The predicted molar refractivity (Wildman–Crippen MR) is 106 cm³/mol. The Morgan fingerprint density at radius 3 is 1.69 bits per heavy atom. The molecule has 134 valence electrons. The largest absolute Gasteiger partial charge is 0.292 e. The summed E-state index contributed by atoms with van der Waals surface area (Å²) in [6.45, 7) is 7.98. The molecule has 0 bridgehead atoms. The average Bonchev–Trinajstić information content (AvgIpc) is 2.63. The fraction of sp³-hybridized carbons (Fsp3) is 0.318. The van der Waals surface area contributed by atoms with Gasteiger partial charge in [0.15, 0.2) is 0 Å². The van der Waals surface area contributed by atoms with Gasteiger partial charge >= 0.3 is 0 Å². The van der Waals surface area contributed by atoms with Crippen molar-refractivity contribution >= 4 is 11.5 Å². The highest BCUT2D eigenvalue weighted by Crippen LogP contribution is 2.42. The summed E-state index contributed by atoms with van der Waals surface area (Å²) in [5.74, 6) is -0.486. The number of rotatable bonds is 6. The number of azide groups is 1. The predicted octanol–water partition coefficient (Wildman–Crippen LogP) is 6.25. The maximum absolute atomic E-state index is 12.9. The van der Waals surface area contributed by atoms with E-state index in [2.05, 4.69) is 10.0 Å². The van der Waals surface area contributed by atoms with Gasteiger partial charge in [0.1, 0.15) is 0 Å². The van der Waals surface area contributed by atoms with E-state index in [1.54, 1.807) is 0 Å². The molecular weight excluding hydrogens is 322 g/mol. The lowest BCUT2D eigenvalue weighted by atomic mass is 9.66. The number of amides is 1. The second-order valence-electron chi connectivity index (χ2n) is 7.03. The van der Waals surface area contributed by atoms with Gasteiger partial charge in [-0.15, -0.1) is 0 Å². The van der Waals surface area contributed by atoms with E-state index in [0.717, 1.165) is 16.7 Å². The van der Waals surface area contributed by atoms with Crippen molar-refractivity contribution in [3.8, 4) is 0 Å². The van der Waals surface area contributed by atoms with Crippen molar-refractivity contribution in [1.82, 2.24) is 0 Å². The first-order valence-electron chi connectivity index (χ1n) is 8.86. The molecule has 26 heavy (non-hydrogen) atoms. The first-order valence-corrected chi connectivity index (χ1v) is 8.86. The number of benzene rings is 2. The molecule has 0 saturated heterocycles. The molecule has 0 aromatic heterocycles. The molecule has 0 heterocycles. The van der Waals surface area contributed by atoms with Crippen LogP contribution in [0.25, 0.3) is 16.0 Å². The fourth-order valence-electron chi connectivity index (χ4n) is 3.49. The van der Waals surface area contributed by atoms with Gasteiger partial charge in [-0.25, -0.2) is 0 Å². The fourth-order valence-corrected chi connectivity index (χ4v) is 3.49. The van der Waals surface area contributed by atoms with E-state index in [9.17, 15) is 4.79 Å². The molecular formula is C22H25N3O. The first kappa shape index (κ1) is 19.5. The minimum absolute atomic E-state index is 0.0251. The van der Waals surface area contributed by atoms with E-state index in [1.165, 1.54) is 0 Å². The van der Waals surface area contributed by atoms with Gasteiger partial charge in [0, 0.05) is 4.91 Å². The van der Waals surface area contributed by atoms with Crippen molar-refractivity contribution in [2.75, 3.05) is 0 Å². The highest BCUT2D eigenvalue weighted by atomic mass is 16.2. The van der Waals surface area contributed by atoms with Crippen LogP contribution in [0.15, 0.2) is 71.9 Å². The Kier molecular flexibility index (Phi) is 6.37. The van der Waals surface area contributed by atoms with Crippen molar-refractivity contribution in [2.24, 2.45) is 22.4 Å². The van der Waals surface area contributed by atoms with Crippen LogP contribution in [-0.4, -0.2) is 5.91 Å². The Bertz CT molecular complexity index is 767. The quantitative estimate of drug-likeness (QED) is 0.346. The average molecular weight is 347 g/mol. The normalized spacial score (nSPS) is 11.2. The molecule has 0 aliphatic carbocycles. The molecule has 0 N–H and O–H groups in total. The van der Waals surface area contributed by atoms with Crippen LogP contribution in [0, 0.1) is 17.3 Å². The lowest BCUT2D eigenvalue weighted by molar-refractivity contribution is -0.129. The lowest BCUT2D eigenvalue weighted by Crippen LogP contribution is -2.38. The smallest absolute Gasteiger partial charge is 0.229 e. The number of carbonyl (C=O) groups is 1.